The topological polar surface area (TPSA) is 94.0 Å². The number of nitrogens with two attached hydrogens (primary N) is 2. The SMILES string of the molecule is CC(CN)NC(=O)c1csc(N)n1. The monoisotopic (exact) mass is 200 g/mol. The molecule has 0 fully saturated rings. The van der Waals surface area contributed by atoms with E-state index in [0.29, 0.717) is 17.4 Å². The second-order valence-electron chi connectivity index (χ2n) is 2.68. The van der Waals surface area contributed by atoms with Crippen LogP contribution < -0.4 is 16.8 Å². The molecular weight excluding hydrogens is 188 g/mol. The maximum Gasteiger partial charge on any atom is 0.271 e. The molecule has 72 valence electrons. The predicted molar refractivity (Wildman–Crippen MR) is 52.5 cm³/mol. The van der Waals surface area contributed by atoms with Crippen LogP contribution >= 0.6 is 11.3 Å². The van der Waals surface area contributed by atoms with E-state index in [4.69, 9.17) is 11.5 Å². The summed E-state index contributed by atoms with van der Waals surface area (Å²) in [6.45, 7) is 2.24. The smallest absolute Gasteiger partial charge is 0.271 e. The lowest BCUT2D eigenvalue weighted by Gasteiger charge is -2.08. The minimum Gasteiger partial charge on any atom is -0.375 e. The fraction of sp³-hybridized carbons (Fsp3) is 0.429. The third kappa shape index (κ3) is 2.67. The maximum absolute atomic E-state index is 11.3. The standard InChI is InChI=1S/C7H12N4OS/c1-4(2-8)10-6(12)5-3-13-7(9)11-5/h3-4H,2,8H2,1H3,(H2,9,11)(H,10,12). The minimum absolute atomic E-state index is 0.0459. The number of anilines is 1. The van der Waals surface area contributed by atoms with Crippen molar-refractivity contribution in [1.82, 2.24) is 10.3 Å². The summed E-state index contributed by atoms with van der Waals surface area (Å²) in [6, 6.07) is -0.0459. The van der Waals surface area contributed by atoms with Gasteiger partial charge < -0.3 is 16.8 Å². The number of rotatable bonds is 3. The zero-order valence-corrected chi connectivity index (χ0v) is 8.10. The first-order valence-corrected chi connectivity index (χ1v) is 4.73. The number of nitrogen functional groups attached to an aromatic ring is 1. The van der Waals surface area contributed by atoms with Gasteiger partial charge >= 0.3 is 0 Å². The van der Waals surface area contributed by atoms with Gasteiger partial charge in [-0.3, -0.25) is 4.79 Å². The molecule has 0 aliphatic heterocycles. The quantitative estimate of drug-likeness (QED) is 0.630. The van der Waals surface area contributed by atoms with Crippen LogP contribution in [0.25, 0.3) is 0 Å². The van der Waals surface area contributed by atoms with Gasteiger partial charge in [0, 0.05) is 18.0 Å². The lowest BCUT2D eigenvalue weighted by atomic mass is 10.3. The summed E-state index contributed by atoms with van der Waals surface area (Å²) < 4.78 is 0. The summed E-state index contributed by atoms with van der Waals surface area (Å²) in [7, 11) is 0. The summed E-state index contributed by atoms with van der Waals surface area (Å²) in [5.41, 5.74) is 11.1. The molecule has 1 rings (SSSR count). The molecule has 0 radical (unpaired) electrons. The van der Waals surface area contributed by atoms with Crippen LogP contribution in [0, 0.1) is 0 Å². The summed E-state index contributed by atoms with van der Waals surface area (Å²) >= 11 is 1.24. The zero-order valence-electron chi connectivity index (χ0n) is 7.28. The molecule has 0 saturated carbocycles. The van der Waals surface area contributed by atoms with Crippen LogP contribution in [0.15, 0.2) is 5.38 Å². The molecule has 13 heavy (non-hydrogen) atoms. The van der Waals surface area contributed by atoms with Crippen LogP contribution in [0.1, 0.15) is 17.4 Å². The van der Waals surface area contributed by atoms with E-state index in [9.17, 15) is 4.79 Å². The van der Waals surface area contributed by atoms with Crippen LogP contribution in [0.2, 0.25) is 0 Å². The van der Waals surface area contributed by atoms with Crippen molar-refractivity contribution in [2.75, 3.05) is 12.3 Å². The fourth-order valence-electron chi connectivity index (χ4n) is 0.749. The first-order chi connectivity index (χ1) is 6.13. The third-order valence-corrected chi connectivity index (χ3v) is 2.16. The number of aromatic nitrogens is 1. The molecule has 0 aliphatic carbocycles. The molecule has 0 aliphatic rings. The molecule has 1 aromatic heterocycles. The number of amides is 1. The van der Waals surface area contributed by atoms with Crippen LogP contribution in [0.5, 0.6) is 0 Å². The molecule has 0 saturated heterocycles. The van der Waals surface area contributed by atoms with Crippen LogP contribution in [-0.2, 0) is 0 Å². The van der Waals surface area contributed by atoms with Gasteiger partial charge in [-0.25, -0.2) is 4.98 Å². The molecule has 1 aromatic rings. The summed E-state index contributed by atoms with van der Waals surface area (Å²) in [6.07, 6.45) is 0. The first kappa shape index (κ1) is 9.94. The third-order valence-electron chi connectivity index (χ3n) is 1.49. The highest BCUT2D eigenvalue weighted by Crippen LogP contribution is 2.10. The lowest BCUT2D eigenvalue weighted by Crippen LogP contribution is -2.37. The number of nitrogens with zero attached hydrogens (tertiary/aromatic N) is 1. The van der Waals surface area contributed by atoms with Gasteiger partial charge in [0.05, 0.1) is 0 Å². The lowest BCUT2D eigenvalue weighted by molar-refractivity contribution is 0.0937. The van der Waals surface area contributed by atoms with Crippen LogP contribution in [-0.4, -0.2) is 23.5 Å². The highest BCUT2D eigenvalue weighted by molar-refractivity contribution is 7.13. The average Bonchev–Trinajstić information content (AvgIpc) is 2.51. The van der Waals surface area contributed by atoms with E-state index in [1.54, 1.807) is 5.38 Å². The normalized spacial score (nSPS) is 12.5. The molecular formula is C7H12N4OS. The van der Waals surface area contributed by atoms with E-state index in [-0.39, 0.29) is 11.9 Å². The molecule has 0 spiro atoms. The number of hydrogen-bond donors (Lipinski definition) is 3. The summed E-state index contributed by atoms with van der Waals surface area (Å²) in [5.74, 6) is -0.231. The Kier molecular flexibility index (Phi) is 3.21. The van der Waals surface area contributed by atoms with E-state index in [1.807, 2.05) is 6.92 Å². The Morgan fingerprint density at radius 1 is 1.85 bits per heavy atom. The fourth-order valence-corrected chi connectivity index (χ4v) is 1.29. The minimum atomic E-state index is -0.231. The Hall–Kier alpha value is -1.14. The van der Waals surface area contributed by atoms with Gasteiger partial charge in [0.15, 0.2) is 5.13 Å². The zero-order chi connectivity index (χ0) is 9.84. The van der Waals surface area contributed by atoms with Gasteiger partial charge in [-0.2, -0.15) is 0 Å². The molecule has 1 amide bonds. The van der Waals surface area contributed by atoms with Crippen LogP contribution in [0.3, 0.4) is 0 Å². The molecule has 1 heterocycles. The predicted octanol–water partition coefficient (Wildman–Crippen LogP) is -0.198. The number of nitrogens with one attached hydrogen (secondary N) is 1. The Bertz CT molecular complexity index is 298. The Labute approximate surface area is 80.1 Å². The van der Waals surface area contributed by atoms with Gasteiger partial charge in [0.1, 0.15) is 5.69 Å². The van der Waals surface area contributed by atoms with Gasteiger partial charge in [-0.15, -0.1) is 11.3 Å². The average molecular weight is 200 g/mol. The van der Waals surface area contributed by atoms with Gasteiger partial charge in [0.25, 0.3) is 5.91 Å². The van der Waals surface area contributed by atoms with Gasteiger partial charge in [0.2, 0.25) is 0 Å². The number of carbonyl (C=O) groups excluding carboxylic acids is 1. The second-order valence-corrected chi connectivity index (χ2v) is 3.57. The second kappa shape index (κ2) is 4.20. The summed E-state index contributed by atoms with van der Waals surface area (Å²) in [5, 5.41) is 4.70. The van der Waals surface area contributed by atoms with E-state index in [0.717, 1.165) is 0 Å². The highest BCUT2D eigenvalue weighted by Gasteiger charge is 2.11. The molecule has 0 aromatic carbocycles. The first-order valence-electron chi connectivity index (χ1n) is 3.85. The van der Waals surface area contributed by atoms with Gasteiger partial charge in [-0.05, 0) is 6.92 Å². The van der Waals surface area contributed by atoms with Gasteiger partial charge in [-0.1, -0.05) is 0 Å². The highest BCUT2D eigenvalue weighted by atomic mass is 32.1. The van der Waals surface area contributed by atoms with E-state index < -0.39 is 0 Å². The van der Waals surface area contributed by atoms with Crippen molar-refractivity contribution < 1.29 is 4.79 Å². The Balaban J connectivity index is 2.58. The number of carbonyl (C=O) groups is 1. The van der Waals surface area contributed by atoms with E-state index in [1.165, 1.54) is 11.3 Å². The summed E-state index contributed by atoms with van der Waals surface area (Å²) in [4.78, 5) is 15.2. The van der Waals surface area contributed by atoms with Crippen molar-refractivity contribution in [2.24, 2.45) is 5.73 Å². The van der Waals surface area contributed by atoms with Crippen LogP contribution in [0.4, 0.5) is 5.13 Å². The number of hydrogen-bond acceptors (Lipinski definition) is 5. The maximum atomic E-state index is 11.3. The van der Waals surface area contributed by atoms with E-state index in [2.05, 4.69) is 10.3 Å². The van der Waals surface area contributed by atoms with Crippen molar-refractivity contribution >= 4 is 22.4 Å². The molecule has 1 atom stereocenters. The van der Waals surface area contributed by atoms with Crippen molar-refractivity contribution in [3.63, 3.8) is 0 Å². The van der Waals surface area contributed by atoms with Crippen molar-refractivity contribution in [3.05, 3.63) is 11.1 Å². The molecule has 5 N–H and O–H groups in total. The molecule has 6 heteroatoms. The Morgan fingerprint density at radius 2 is 2.54 bits per heavy atom. The molecule has 0 bridgehead atoms. The molecule has 5 nitrogen and oxygen atoms in total. The Morgan fingerprint density at radius 3 is 3.00 bits per heavy atom. The number of thiazole rings is 1. The van der Waals surface area contributed by atoms with Crippen molar-refractivity contribution in [2.45, 2.75) is 13.0 Å². The van der Waals surface area contributed by atoms with Crippen molar-refractivity contribution in [3.8, 4) is 0 Å². The molecule has 1 unspecified atom stereocenters. The van der Waals surface area contributed by atoms with E-state index >= 15 is 0 Å². The largest absolute Gasteiger partial charge is 0.375 e. The van der Waals surface area contributed by atoms with Crippen molar-refractivity contribution in [1.29, 1.82) is 0 Å².